The number of carbonyl (C=O) groups excluding carboxylic acids is 5. The van der Waals surface area contributed by atoms with Gasteiger partial charge in [0.2, 0.25) is 0 Å². The Morgan fingerprint density at radius 1 is 0.356 bits per heavy atom. The molecule has 482 valence electrons. The maximum atomic E-state index is 12.1. The topological polar surface area (TPSA) is 132 Å². The molecule has 0 aromatic carbocycles. The molecule has 0 N–H and O–H groups in total. The van der Waals surface area contributed by atoms with E-state index in [2.05, 4.69) is 74.4 Å². The highest BCUT2D eigenvalue weighted by molar-refractivity contribution is 5.88. The highest BCUT2D eigenvalue weighted by Gasteiger charge is 2.63. The summed E-state index contributed by atoms with van der Waals surface area (Å²) in [5, 5.41) is 0. The fraction of sp³-hybridized carbons (Fsp3) is 0.805. The van der Waals surface area contributed by atoms with E-state index >= 15 is 0 Å². The van der Waals surface area contributed by atoms with Crippen LogP contribution in [0.4, 0.5) is 0 Å². The van der Waals surface area contributed by atoms with E-state index < -0.39 is 0 Å². The molecule has 20 aliphatic carbocycles. The minimum absolute atomic E-state index is 0.154. The summed E-state index contributed by atoms with van der Waals surface area (Å²) in [5.74, 6) is 14.6. The second-order valence-electron chi connectivity index (χ2n) is 33.3. The molecule has 0 amide bonds. The lowest BCUT2D eigenvalue weighted by Crippen LogP contribution is -2.62. The molecule has 0 aromatic heterocycles. The molecule has 20 saturated carbocycles. The molecule has 20 rings (SSSR count). The van der Waals surface area contributed by atoms with E-state index in [1.807, 2.05) is 0 Å². The minimum atomic E-state index is -0.241. The smallest absolute Gasteiger partial charge is 0.333 e. The fourth-order valence-electron chi connectivity index (χ4n) is 24.6. The van der Waals surface area contributed by atoms with Gasteiger partial charge in [0.15, 0.2) is 0 Å². The SMILES string of the molecule is C=C(C)C(=O)OC1(C(C)C)C2CC3CC(C2)CC1C3.C=C(C)C(=O)OC1(C)C2CC3CC(C2)CC1C3.C=C(C)C(=O)OC1(CC)C2CC3CC(C2)CC1C3.C=CC(=O)OC1(C)C2CC3CC(C2)CC1C3.C=CC(=O)OC1(CC)C2CC3CC(C2)CC1C3. The predicted molar refractivity (Wildman–Crippen MR) is 341 cm³/mol. The van der Waals surface area contributed by atoms with Crippen LogP contribution in [-0.4, -0.2) is 57.9 Å². The van der Waals surface area contributed by atoms with Crippen LogP contribution in [0.5, 0.6) is 0 Å². The molecule has 0 radical (unpaired) electrons. The number of hydrogen-bond donors (Lipinski definition) is 0. The number of hydrogen-bond acceptors (Lipinski definition) is 10. The standard InChI is InChI=1S/C17H26O2.C16H24O2.2C15H22O2.C14H20O2/c1-10(2)16(18)19-17(11(3)4)14-6-12-5-13(8-14)9-15(17)7-12;1-4-16(18-15(17)10(2)3)13-6-11-5-12(8-13)9-14(16)7-11;1-9(2)14(16)17-15(3)12-5-10-4-11(7-12)8-13(15)6-10;1-3-14(16)17-15(4-2)12-6-10-5-11(8-12)9-13(15)7-10;1-3-13(15)16-14(2)11-5-9-4-10(7-11)8-12(14)6-9/h11-15H,1,5-9H2,2-4H3;11-14H,2,4-9H2,1,3H3;10-13H,1,4-8H2,2-3H3;3,10-13H,1,4-9H2,2H3;3,9-12H,1,4-8H2,2H3. The van der Waals surface area contributed by atoms with Crippen LogP contribution >= 0.6 is 0 Å². The maximum absolute atomic E-state index is 12.1. The van der Waals surface area contributed by atoms with Crippen molar-refractivity contribution >= 4 is 29.8 Å². The Hall–Kier alpha value is -3.95. The minimum Gasteiger partial charge on any atom is -0.456 e. The molecule has 0 spiro atoms. The first-order valence-electron chi connectivity index (χ1n) is 35.6. The highest BCUT2D eigenvalue weighted by Crippen LogP contribution is 2.65. The first-order valence-corrected chi connectivity index (χ1v) is 35.6. The summed E-state index contributed by atoms with van der Waals surface area (Å²) in [5.41, 5.74) is 0.679. The van der Waals surface area contributed by atoms with Gasteiger partial charge in [-0.05, 0) is 332 Å². The normalized spacial score (nSPS) is 46.2. The molecular weight excluding hydrogens is 1080 g/mol. The summed E-state index contributed by atoms with van der Waals surface area (Å²) >= 11 is 0. The molecule has 0 unspecified atom stereocenters. The van der Waals surface area contributed by atoms with E-state index in [-0.39, 0.29) is 57.9 Å². The molecule has 0 atom stereocenters. The van der Waals surface area contributed by atoms with E-state index in [0.29, 0.717) is 81.8 Å². The van der Waals surface area contributed by atoms with Crippen molar-refractivity contribution < 1.29 is 47.7 Å². The molecular formula is C77H114O10. The monoisotopic (exact) mass is 1200 g/mol. The first-order chi connectivity index (χ1) is 41.3. The lowest BCUT2D eigenvalue weighted by Gasteiger charge is -2.61. The van der Waals surface area contributed by atoms with E-state index in [1.54, 1.807) is 20.8 Å². The molecule has 20 aliphatic rings. The quantitative estimate of drug-likeness (QED) is 0.0997. The lowest BCUT2D eigenvalue weighted by molar-refractivity contribution is -0.221. The number of carbonyl (C=O) groups is 5. The second kappa shape index (κ2) is 24.9. The molecule has 0 aliphatic heterocycles. The van der Waals surface area contributed by atoms with Crippen molar-refractivity contribution in [2.24, 2.45) is 124 Å². The van der Waals surface area contributed by atoms with E-state index in [4.69, 9.17) is 23.7 Å². The Bertz CT molecular complexity index is 2530. The van der Waals surface area contributed by atoms with E-state index in [1.165, 1.54) is 173 Å². The van der Waals surface area contributed by atoms with Crippen molar-refractivity contribution in [3.05, 3.63) is 61.8 Å². The van der Waals surface area contributed by atoms with Crippen molar-refractivity contribution in [2.75, 3.05) is 0 Å². The Labute approximate surface area is 524 Å². The molecule has 87 heavy (non-hydrogen) atoms. The van der Waals surface area contributed by atoms with Gasteiger partial charge in [0.1, 0.15) is 28.0 Å². The van der Waals surface area contributed by atoms with Gasteiger partial charge in [-0.2, -0.15) is 0 Å². The zero-order valence-electron chi connectivity index (χ0n) is 55.5. The maximum Gasteiger partial charge on any atom is 0.333 e. The van der Waals surface area contributed by atoms with Crippen LogP contribution < -0.4 is 0 Å². The molecule has 20 bridgehead atoms. The zero-order valence-corrected chi connectivity index (χ0v) is 55.5. The third kappa shape index (κ3) is 12.0. The van der Waals surface area contributed by atoms with E-state index in [0.717, 1.165) is 72.0 Å². The average Bonchev–Trinajstić information content (AvgIpc) is 0.883. The average molecular weight is 1200 g/mol. The van der Waals surface area contributed by atoms with Gasteiger partial charge in [-0.25, -0.2) is 24.0 Å². The van der Waals surface area contributed by atoms with Crippen LogP contribution in [0.15, 0.2) is 61.8 Å². The Morgan fingerprint density at radius 3 is 0.851 bits per heavy atom. The number of rotatable bonds is 13. The van der Waals surface area contributed by atoms with Gasteiger partial charge >= 0.3 is 29.8 Å². The van der Waals surface area contributed by atoms with Gasteiger partial charge in [0.05, 0.1) is 0 Å². The van der Waals surface area contributed by atoms with Crippen LogP contribution in [-0.2, 0) is 47.7 Å². The third-order valence-corrected chi connectivity index (χ3v) is 27.8. The largest absolute Gasteiger partial charge is 0.456 e. The lowest BCUT2D eigenvalue weighted by atomic mass is 9.47. The third-order valence-electron chi connectivity index (χ3n) is 27.8. The van der Waals surface area contributed by atoms with Crippen LogP contribution in [0.1, 0.15) is 236 Å². The molecule has 0 saturated heterocycles. The molecule has 10 heteroatoms. The number of ether oxygens (including phenoxy) is 5. The zero-order chi connectivity index (χ0) is 62.3. The summed E-state index contributed by atoms with van der Waals surface area (Å²) in [6.45, 7) is 36.6. The van der Waals surface area contributed by atoms with Crippen molar-refractivity contribution in [3.8, 4) is 0 Å². The summed E-state index contributed by atoms with van der Waals surface area (Å²) in [6.07, 6.45) is 37.2. The summed E-state index contributed by atoms with van der Waals surface area (Å²) in [7, 11) is 0. The van der Waals surface area contributed by atoms with Gasteiger partial charge < -0.3 is 23.7 Å². The van der Waals surface area contributed by atoms with Crippen molar-refractivity contribution in [1.82, 2.24) is 0 Å². The first kappa shape index (κ1) is 64.6. The van der Waals surface area contributed by atoms with Gasteiger partial charge in [-0.1, -0.05) is 60.6 Å². The van der Waals surface area contributed by atoms with Crippen LogP contribution in [0.25, 0.3) is 0 Å². The van der Waals surface area contributed by atoms with Gasteiger partial charge in [-0.3, -0.25) is 0 Å². The molecule has 0 heterocycles. The number of esters is 5. The summed E-state index contributed by atoms with van der Waals surface area (Å²) in [4.78, 5) is 59.0. The van der Waals surface area contributed by atoms with E-state index in [9.17, 15) is 24.0 Å². The molecule has 10 nitrogen and oxygen atoms in total. The molecule has 20 fully saturated rings. The van der Waals surface area contributed by atoms with Crippen LogP contribution in [0, 0.1) is 124 Å². The van der Waals surface area contributed by atoms with Crippen molar-refractivity contribution in [2.45, 2.75) is 264 Å². The van der Waals surface area contributed by atoms with Gasteiger partial charge in [-0.15, -0.1) is 0 Å². The Morgan fingerprint density at radius 2 is 0.586 bits per heavy atom. The van der Waals surface area contributed by atoms with Crippen LogP contribution in [0.3, 0.4) is 0 Å². The Kier molecular flexibility index (Phi) is 18.5. The highest BCUT2D eigenvalue weighted by atomic mass is 16.6. The van der Waals surface area contributed by atoms with Crippen molar-refractivity contribution in [1.29, 1.82) is 0 Å². The van der Waals surface area contributed by atoms with Gasteiger partial charge in [0.25, 0.3) is 0 Å². The summed E-state index contributed by atoms with van der Waals surface area (Å²) < 4.78 is 29.5. The van der Waals surface area contributed by atoms with Crippen molar-refractivity contribution in [3.63, 3.8) is 0 Å². The van der Waals surface area contributed by atoms with Gasteiger partial charge in [0, 0.05) is 28.9 Å². The molecule has 0 aromatic rings. The van der Waals surface area contributed by atoms with Crippen LogP contribution in [0.2, 0.25) is 0 Å². The Balaban J connectivity index is 0.000000113. The second-order valence-corrected chi connectivity index (χ2v) is 33.3. The predicted octanol–water partition coefficient (Wildman–Crippen LogP) is 17.2. The fourth-order valence-corrected chi connectivity index (χ4v) is 24.6. The summed E-state index contributed by atoms with van der Waals surface area (Å²) in [6, 6.07) is 0.